The Morgan fingerprint density at radius 1 is 1.14 bits per heavy atom. The third-order valence-electron chi connectivity index (χ3n) is 7.16. The number of pyridine rings is 2. The average Bonchev–Trinajstić information content (AvgIpc) is 3.66. The number of benzene rings is 1. The van der Waals surface area contributed by atoms with Gasteiger partial charge in [0.25, 0.3) is 0 Å². The number of nitrogens with one attached hydrogen (secondary N) is 1. The molecule has 1 amide bonds. The van der Waals surface area contributed by atoms with Gasteiger partial charge in [0, 0.05) is 29.9 Å². The summed E-state index contributed by atoms with van der Waals surface area (Å²) in [6.45, 7) is 0. The first-order chi connectivity index (χ1) is 14.1. The maximum atomic E-state index is 12.7. The summed E-state index contributed by atoms with van der Waals surface area (Å²) >= 11 is 0. The van der Waals surface area contributed by atoms with Crippen molar-refractivity contribution in [1.29, 1.82) is 5.26 Å². The lowest BCUT2D eigenvalue weighted by atomic mass is 9.92. The second kappa shape index (κ2) is 5.64. The number of hydrogen-bond donors (Lipinski definition) is 1. The Morgan fingerprint density at radius 3 is 2.69 bits per heavy atom. The molecule has 0 saturated heterocycles. The molecule has 1 aromatic carbocycles. The van der Waals surface area contributed by atoms with Crippen molar-refractivity contribution in [3.05, 3.63) is 66.1 Å². The number of rotatable bonds is 4. The van der Waals surface area contributed by atoms with Gasteiger partial charge in [-0.2, -0.15) is 5.26 Å². The molecule has 3 aliphatic rings. The second-order valence-corrected chi connectivity index (χ2v) is 8.82. The van der Waals surface area contributed by atoms with Gasteiger partial charge in [0.1, 0.15) is 5.82 Å². The Balaban J connectivity index is 1.23. The van der Waals surface area contributed by atoms with Crippen LogP contribution < -0.4 is 5.32 Å². The van der Waals surface area contributed by atoms with Gasteiger partial charge in [-0.05, 0) is 77.8 Å². The van der Waals surface area contributed by atoms with Crippen LogP contribution in [-0.4, -0.2) is 15.9 Å². The van der Waals surface area contributed by atoms with Crippen LogP contribution >= 0.6 is 0 Å². The van der Waals surface area contributed by atoms with E-state index in [1.165, 1.54) is 0 Å². The van der Waals surface area contributed by atoms with Crippen molar-refractivity contribution < 1.29 is 4.79 Å². The van der Waals surface area contributed by atoms with Crippen molar-refractivity contribution in [2.75, 3.05) is 5.32 Å². The first-order valence-electron chi connectivity index (χ1n) is 10.2. The van der Waals surface area contributed by atoms with Gasteiger partial charge in [-0.25, -0.2) is 4.98 Å². The summed E-state index contributed by atoms with van der Waals surface area (Å²) in [5.74, 6) is 0.847. The minimum atomic E-state index is -0.306. The van der Waals surface area contributed by atoms with Crippen molar-refractivity contribution in [3.8, 4) is 6.07 Å². The van der Waals surface area contributed by atoms with Crippen LogP contribution in [0.1, 0.15) is 42.7 Å². The highest BCUT2D eigenvalue weighted by molar-refractivity contribution is 5.96. The lowest BCUT2D eigenvalue weighted by molar-refractivity contribution is -0.117. The number of aromatic nitrogens is 2. The van der Waals surface area contributed by atoms with Gasteiger partial charge in [-0.3, -0.25) is 9.78 Å². The van der Waals surface area contributed by atoms with Crippen molar-refractivity contribution >= 4 is 22.5 Å². The molecular weight excluding hydrogens is 360 g/mol. The molecular formula is C24H20N4O. The average molecular weight is 380 g/mol. The number of hydrogen-bond acceptors (Lipinski definition) is 4. The molecule has 1 spiro atoms. The van der Waals surface area contributed by atoms with Crippen LogP contribution in [0.15, 0.2) is 55.0 Å². The highest BCUT2D eigenvalue weighted by Gasteiger charge is 2.75. The Labute approximate surface area is 168 Å². The lowest BCUT2D eigenvalue weighted by Crippen LogP contribution is -2.15. The molecule has 2 heterocycles. The third kappa shape index (κ3) is 2.49. The quantitative estimate of drug-likeness (QED) is 0.731. The Morgan fingerprint density at radius 2 is 1.97 bits per heavy atom. The molecule has 5 nitrogen and oxygen atoms in total. The Hall–Kier alpha value is -3.26. The van der Waals surface area contributed by atoms with Gasteiger partial charge in [0.15, 0.2) is 0 Å². The zero-order chi connectivity index (χ0) is 19.6. The first kappa shape index (κ1) is 16.7. The summed E-state index contributed by atoms with van der Waals surface area (Å²) in [6.07, 6.45) is 9.50. The van der Waals surface area contributed by atoms with E-state index in [4.69, 9.17) is 0 Å². The van der Waals surface area contributed by atoms with Gasteiger partial charge in [-0.1, -0.05) is 12.1 Å². The standard InChI is InChI=1S/C24H20N4O/c25-14-24(13-23(24)5-6-23)18-2-1-16-12-27-21(10-17(16)9-18)28-22(29)20-11-19(20)15-3-7-26-8-4-15/h1-4,7-10,12,19-20H,5-6,11,13H2,(H,27,28,29)/t19-,20+,24+/m1/s1. The maximum Gasteiger partial charge on any atom is 0.229 e. The fourth-order valence-electron chi connectivity index (χ4n) is 5.01. The molecule has 0 radical (unpaired) electrons. The fourth-order valence-corrected chi connectivity index (χ4v) is 5.01. The molecule has 3 aromatic rings. The lowest BCUT2D eigenvalue weighted by Gasteiger charge is -2.11. The van der Waals surface area contributed by atoms with Gasteiger partial charge >= 0.3 is 0 Å². The van der Waals surface area contributed by atoms with Crippen LogP contribution in [0.3, 0.4) is 0 Å². The predicted octanol–water partition coefficient (Wildman–Crippen LogP) is 4.32. The van der Waals surface area contributed by atoms with Crippen LogP contribution in [-0.2, 0) is 10.2 Å². The fraction of sp³-hybridized carbons (Fsp3) is 0.333. The van der Waals surface area contributed by atoms with Crippen molar-refractivity contribution in [1.82, 2.24) is 9.97 Å². The van der Waals surface area contributed by atoms with Crippen molar-refractivity contribution in [3.63, 3.8) is 0 Å². The first-order valence-corrected chi connectivity index (χ1v) is 10.2. The van der Waals surface area contributed by atoms with Gasteiger partial charge < -0.3 is 5.32 Å². The van der Waals surface area contributed by atoms with Gasteiger partial charge in [0.05, 0.1) is 11.5 Å². The second-order valence-electron chi connectivity index (χ2n) is 8.82. The van der Waals surface area contributed by atoms with Crippen LogP contribution in [0, 0.1) is 22.7 Å². The van der Waals surface area contributed by atoms with E-state index in [0.29, 0.717) is 5.82 Å². The van der Waals surface area contributed by atoms with Gasteiger partial charge in [0.2, 0.25) is 5.91 Å². The number of anilines is 1. The minimum Gasteiger partial charge on any atom is -0.310 e. The van der Waals surface area contributed by atoms with Crippen LogP contribution in [0.5, 0.6) is 0 Å². The molecule has 0 aliphatic heterocycles. The largest absolute Gasteiger partial charge is 0.310 e. The smallest absolute Gasteiger partial charge is 0.229 e. The Bertz CT molecular complexity index is 1190. The van der Waals surface area contributed by atoms with Crippen LogP contribution in [0.25, 0.3) is 10.8 Å². The summed E-state index contributed by atoms with van der Waals surface area (Å²) in [7, 11) is 0. The molecule has 142 valence electrons. The topological polar surface area (TPSA) is 78.7 Å². The number of carbonyl (C=O) groups excluding carboxylic acids is 1. The van der Waals surface area contributed by atoms with Crippen LogP contribution in [0.4, 0.5) is 5.82 Å². The summed E-state index contributed by atoms with van der Waals surface area (Å²) in [5.41, 5.74) is 2.21. The van der Waals surface area contributed by atoms with E-state index < -0.39 is 0 Å². The SMILES string of the molecule is N#C[C@]1(c2ccc3cnc(NC(=O)[C@H]4C[C@@H]4c4ccncc4)cc3c2)CC12CC2. The molecule has 3 saturated carbocycles. The van der Waals surface area contributed by atoms with Gasteiger partial charge in [-0.15, -0.1) is 0 Å². The number of nitrogens with zero attached hydrogens (tertiary/aromatic N) is 3. The predicted molar refractivity (Wildman–Crippen MR) is 109 cm³/mol. The number of carbonyl (C=O) groups is 1. The van der Waals surface area contributed by atoms with E-state index in [1.54, 1.807) is 18.6 Å². The normalized spacial score (nSPS) is 28.0. The van der Waals surface area contributed by atoms with Crippen molar-refractivity contribution in [2.45, 2.75) is 37.0 Å². The monoisotopic (exact) mass is 380 g/mol. The summed E-state index contributed by atoms with van der Waals surface area (Å²) < 4.78 is 0. The molecule has 2 aromatic heterocycles. The Kier molecular flexibility index (Phi) is 3.24. The van der Waals surface area contributed by atoms with E-state index in [-0.39, 0.29) is 28.6 Å². The third-order valence-corrected chi connectivity index (χ3v) is 7.16. The molecule has 0 bridgehead atoms. The highest BCUT2D eigenvalue weighted by Crippen LogP contribution is 2.78. The highest BCUT2D eigenvalue weighted by atomic mass is 16.2. The molecule has 6 rings (SSSR count). The number of amides is 1. The van der Waals surface area contributed by atoms with E-state index in [2.05, 4.69) is 33.5 Å². The molecule has 29 heavy (non-hydrogen) atoms. The van der Waals surface area contributed by atoms with E-state index >= 15 is 0 Å². The zero-order valence-electron chi connectivity index (χ0n) is 15.9. The molecule has 3 fully saturated rings. The molecule has 0 unspecified atom stereocenters. The number of fused-ring (bicyclic) bond motifs is 1. The zero-order valence-corrected chi connectivity index (χ0v) is 15.9. The van der Waals surface area contributed by atoms with Crippen LogP contribution in [0.2, 0.25) is 0 Å². The molecule has 5 heteroatoms. The number of nitriles is 1. The van der Waals surface area contributed by atoms with E-state index in [9.17, 15) is 10.1 Å². The van der Waals surface area contributed by atoms with E-state index in [0.717, 1.165) is 47.6 Å². The summed E-state index contributed by atoms with van der Waals surface area (Å²) in [5, 5.41) is 14.8. The molecule has 3 aliphatic carbocycles. The van der Waals surface area contributed by atoms with E-state index in [1.807, 2.05) is 24.3 Å². The minimum absolute atomic E-state index is 0.00993. The summed E-state index contributed by atoms with van der Waals surface area (Å²) in [6, 6.07) is 14.7. The van der Waals surface area contributed by atoms with Crippen molar-refractivity contribution in [2.24, 2.45) is 11.3 Å². The maximum absolute atomic E-state index is 12.7. The summed E-state index contributed by atoms with van der Waals surface area (Å²) in [4.78, 5) is 21.1. The molecule has 3 atom stereocenters. The molecule has 1 N–H and O–H groups in total.